The maximum absolute atomic E-state index is 13.4. The zero-order valence-electron chi connectivity index (χ0n) is 18.0. The maximum Gasteiger partial charge on any atom is 0.314 e. The number of allylic oxidation sites excluding steroid dienone is 2. The average Bonchev–Trinajstić information content (AvgIpc) is 3.47. The topological polar surface area (TPSA) is 52.6 Å². The zero-order valence-corrected chi connectivity index (χ0v) is 18.0. The molecule has 1 atom stereocenters. The lowest BCUT2D eigenvalue weighted by atomic mass is 9.68. The molecule has 1 aromatic carbocycles. The Morgan fingerprint density at radius 1 is 1.10 bits per heavy atom. The first-order valence-corrected chi connectivity index (χ1v) is 10.4. The Kier molecular flexibility index (Phi) is 7.83. The number of hydrogen-bond acceptors (Lipinski definition) is 4. The molecule has 0 aromatic heterocycles. The summed E-state index contributed by atoms with van der Waals surface area (Å²) in [6, 6.07) is 9.56. The second-order valence-electron chi connectivity index (χ2n) is 8.97. The standard InChI is InChI=1S/C25H34O4/c1-6-15-25(16-7-2,23(27)29-24(3,4)5)21(17-19-13-14-19)22(26)28-18-20-11-9-8-10-12-20/h6-12,19,21H,1-2,13-18H2,3-5H3/t21-/m0/s1. The molecule has 0 aliphatic heterocycles. The first-order chi connectivity index (χ1) is 13.7. The molecule has 1 fully saturated rings. The van der Waals surface area contributed by atoms with Gasteiger partial charge in [0.2, 0.25) is 0 Å². The smallest absolute Gasteiger partial charge is 0.314 e. The van der Waals surface area contributed by atoms with E-state index in [9.17, 15) is 9.59 Å². The van der Waals surface area contributed by atoms with Crippen molar-refractivity contribution < 1.29 is 19.1 Å². The highest BCUT2D eigenvalue weighted by Gasteiger charge is 2.51. The van der Waals surface area contributed by atoms with Crippen molar-refractivity contribution in [2.75, 3.05) is 0 Å². The van der Waals surface area contributed by atoms with Crippen molar-refractivity contribution in [3.63, 3.8) is 0 Å². The molecule has 0 amide bonds. The third kappa shape index (κ3) is 6.59. The highest BCUT2D eigenvalue weighted by molar-refractivity contribution is 5.86. The van der Waals surface area contributed by atoms with Crippen molar-refractivity contribution in [3.8, 4) is 0 Å². The van der Waals surface area contributed by atoms with Crippen LogP contribution in [0.3, 0.4) is 0 Å². The van der Waals surface area contributed by atoms with E-state index < -0.39 is 16.9 Å². The van der Waals surface area contributed by atoms with Gasteiger partial charge >= 0.3 is 11.9 Å². The van der Waals surface area contributed by atoms with E-state index >= 15 is 0 Å². The Hall–Kier alpha value is -2.36. The summed E-state index contributed by atoms with van der Waals surface area (Å²) in [5.74, 6) is -0.882. The van der Waals surface area contributed by atoms with E-state index in [1.165, 1.54) is 0 Å². The number of benzene rings is 1. The molecule has 2 rings (SSSR count). The summed E-state index contributed by atoms with van der Waals surface area (Å²) in [6.07, 6.45) is 6.84. The summed E-state index contributed by atoms with van der Waals surface area (Å²) < 4.78 is 11.4. The summed E-state index contributed by atoms with van der Waals surface area (Å²) in [4.78, 5) is 26.6. The number of carbonyl (C=O) groups is 2. The first kappa shape index (κ1) is 22.9. The Balaban J connectivity index is 2.32. The molecule has 4 heteroatoms. The molecule has 29 heavy (non-hydrogen) atoms. The zero-order chi connectivity index (χ0) is 21.5. The van der Waals surface area contributed by atoms with Crippen LogP contribution < -0.4 is 0 Å². The lowest BCUT2D eigenvalue weighted by Gasteiger charge is -2.38. The van der Waals surface area contributed by atoms with Gasteiger partial charge in [0.05, 0.1) is 11.3 Å². The molecule has 1 aromatic rings. The first-order valence-electron chi connectivity index (χ1n) is 10.4. The second kappa shape index (κ2) is 9.91. The molecule has 0 saturated heterocycles. The number of rotatable bonds is 11. The molecule has 0 heterocycles. The minimum absolute atomic E-state index is 0.188. The molecule has 0 spiro atoms. The third-order valence-electron chi connectivity index (χ3n) is 5.26. The van der Waals surface area contributed by atoms with Gasteiger partial charge in [-0.2, -0.15) is 0 Å². The minimum atomic E-state index is -1.05. The Bertz CT molecular complexity index is 700. The molecular weight excluding hydrogens is 364 g/mol. The van der Waals surface area contributed by atoms with Crippen molar-refractivity contribution in [2.24, 2.45) is 17.3 Å². The second-order valence-corrected chi connectivity index (χ2v) is 8.97. The molecular formula is C25H34O4. The summed E-state index contributed by atoms with van der Waals surface area (Å²) in [5.41, 5.74) is -0.781. The van der Waals surface area contributed by atoms with Crippen LogP contribution in [0, 0.1) is 17.3 Å². The van der Waals surface area contributed by atoms with Crippen molar-refractivity contribution in [3.05, 3.63) is 61.2 Å². The number of ether oxygens (including phenoxy) is 2. The largest absolute Gasteiger partial charge is 0.461 e. The minimum Gasteiger partial charge on any atom is -0.461 e. The van der Waals surface area contributed by atoms with Crippen LogP contribution in [0.1, 0.15) is 58.4 Å². The molecule has 0 N–H and O–H groups in total. The molecule has 0 bridgehead atoms. The van der Waals surface area contributed by atoms with Crippen LogP contribution >= 0.6 is 0 Å². The van der Waals surface area contributed by atoms with Crippen LogP contribution in [0.15, 0.2) is 55.6 Å². The molecule has 4 nitrogen and oxygen atoms in total. The van der Waals surface area contributed by atoms with Gasteiger partial charge in [0, 0.05) is 0 Å². The lowest BCUT2D eigenvalue weighted by Crippen LogP contribution is -2.46. The van der Waals surface area contributed by atoms with E-state index in [1.807, 2.05) is 51.1 Å². The van der Waals surface area contributed by atoms with Crippen molar-refractivity contribution in [2.45, 2.75) is 65.1 Å². The van der Waals surface area contributed by atoms with Gasteiger partial charge in [-0.05, 0) is 51.5 Å². The Labute approximate surface area is 175 Å². The van der Waals surface area contributed by atoms with E-state index in [2.05, 4.69) is 13.2 Å². The predicted octanol–water partition coefficient (Wildman–Crippen LogP) is 5.63. The average molecular weight is 399 g/mol. The van der Waals surface area contributed by atoms with E-state index in [0.717, 1.165) is 18.4 Å². The normalized spacial score (nSPS) is 15.3. The van der Waals surface area contributed by atoms with Crippen molar-refractivity contribution in [1.29, 1.82) is 0 Å². The SMILES string of the molecule is C=CCC(CC=C)(C(=O)OC(C)(C)C)[C@@H](CC1CC1)C(=O)OCc1ccccc1. The fourth-order valence-corrected chi connectivity index (χ4v) is 3.64. The highest BCUT2D eigenvalue weighted by atomic mass is 16.6. The highest BCUT2D eigenvalue weighted by Crippen LogP contribution is 2.47. The van der Waals surface area contributed by atoms with Crippen molar-refractivity contribution >= 4 is 11.9 Å². The predicted molar refractivity (Wildman–Crippen MR) is 115 cm³/mol. The van der Waals surface area contributed by atoms with Gasteiger partial charge in [0.25, 0.3) is 0 Å². The van der Waals surface area contributed by atoms with Crippen LogP contribution in [0.5, 0.6) is 0 Å². The van der Waals surface area contributed by atoms with Gasteiger partial charge in [-0.3, -0.25) is 9.59 Å². The summed E-state index contributed by atoms with van der Waals surface area (Å²) in [6.45, 7) is 13.4. The molecule has 158 valence electrons. The van der Waals surface area contributed by atoms with E-state index in [0.29, 0.717) is 25.2 Å². The molecule has 1 aliphatic rings. The number of esters is 2. The fourth-order valence-electron chi connectivity index (χ4n) is 3.64. The monoisotopic (exact) mass is 398 g/mol. The lowest BCUT2D eigenvalue weighted by molar-refractivity contribution is -0.179. The molecule has 1 saturated carbocycles. The van der Waals surface area contributed by atoms with E-state index in [1.54, 1.807) is 12.2 Å². The van der Waals surface area contributed by atoms with E-state index in [4.69, 9.17) is 9.47 Å². The maximum atomic E-state index is 13.4. The van der Waals surface area contributed by atoms with Crippen LogP contribution in [-0.4, -0.2) is 17.5 Å². The number of hydrogen-bond donors (Lipinski definition) is 0. The van der Waals surface area contributed by atoms with Crippen LogP contribution in [0.4, 0.5) is 0 Å². The van der Waals surface area contributed by atoms with Gasteiger partial charge < -0.3 is 9.47 Å². The Morgan fingerprint density at radius 3 is 2.17 bits per heavy atom. The molecule has 0 unspecified atom stereocenters. The van der Waals surface area contributed by atoms with Crippen LogP contribution in [0.2, 0.25) is 0 Å². The van der Waals surface area contributed by atoms with Gasteiger partial charge in [0.15, 0.2) is 0 Å². The summed E-state index contributed by atoms with van der Waals surface area (Å²) in [5, 5.41) is 0. The summed E-state index contributed by atoms with van der Waals surface area (Å²) in [7, 11) is 0. The van der Waals surface area contributed by atoms with Crippen LogP contribution in [0.25, 0.3) is 0 Å². The quantitative estimate of drug-likeness (QED) is 0.358. The van der Waals surface area contributed by atoms with Crippen molar-refractivity contribution in [1.82, 2.24) is 0 Å². The van der Waals surface area contributed by atoms with Gasteiger partial charge in [-0.25, -0.2) is 0 Å². The van der Waals surface area contributed by atoms with Gasteiger partial charge in [0.1, 0.15) is 12.2 Å². The molecule has 0 radical (unpaired) electrons. The molecule has 1 aliphatic carbocycles. The van der Waals surface area contributed by atoms with Gasteiger partial charge in [-0.15, -0.1) is 13.2 Å². The Morgan fingerprint density at radius 2 is 1.69 bits per heavy atom. The fraction of sp³-hybridized carbons (Fsp3) is 0.520. The summed E-state index contributed by atoms with van der Waals surface area (Å²) >= 11 is 0. The van der Waals surface area contributed by atoms with Crippen LogP contribution in [-0.2, 0) is 25.7 Å². The third-order valence-corrected chi connectivity index (χ3v) is 5.26. The van der Waals surface area contributed by atoms with Gasteiger partial charge in [-0.1, -0.05) is 55.3 Å². The van der Waals surface area contributed by atoms with E-state index in [-0.39, 0.29) is 18.5 Å². The number of carbonyl (C=O) groups excluding carboxylic acids is 2.